The lowest BCUT2D eigenvalue weighted by Gasteiger charge is -2.10. The first-order valence-corrected chi connectivity index (χ1v) is 8.06. The molecule has 25 heavy (non-hydrogen) atoms. The number of fused-ring (bicyclic) bond motifs is 1. The van der Waals surface area contributed by atoms with Gasteiger partial charge in [-0.05, 0) is 36.2 Å². The van der Waals surface area contributed by atoms with Gasteiger partial charge in [0.05, 0.1) is 6.54 Å². The normalized spacial score (nSPS) is 11.8. The van der Waals surface area contributed by atoms with Crippen LogP contribution in [0.5, 0.6) is 5.75 Å². The van der Waals surface area contributed by atoms with Crippen LogP contribution in [0.4, 0.5) is 13.2 Å². The molecule has 2 N–H and O–H groups in total. The molecule has 0 spiro atoms. The van der Waals surface area contributed by atoms with E-state index >= 15 is 0 Å². The van der Waals surface area contributed by atoms with Crippen molar-refractivity contribution in [1.29, 1.82) is 0 Å². The van der Waals surface area contributed by atoms with Crippen molar-refractivity contribution in [3.05, 3.63) is 65.9 Å². The van der Waals surface area contributed by atoms with E-state index in [1.165, 1.54) is 0 Å². The highest BCUT2D eigenvalue weighted by Gasteiger charge is 2.26. The van der Waals surface area contributed by atoms with Gasteiger partial charge < -0.3 is 15.0 Å². The van der Waals surface area contributed by atoms with Gasteiger partial charge in [-0.1, -0.05) is 36.4 Å². The number of aromatic amines is 1. The number of rotatable bonds is 7. The number of hydrogen-bond acceptors (Lipinski definition) is 2. The monoisotopic (exact) mass is 348 g/mol. The molecule has 0 aliphatic carbocycles. The molecule has 0 aliphatic rings. The fourth-order valence-electron chi connectivity index (χ4n) is 2.73. The molecule has 0 saturated carbocycles. The highest BCUT2D eigenvalue weighted by Crippen LogP contribution is 2.29. The maximum atomic E-state index is 12.2. The number of alkyl halides is 3. The summed E-state index contributed by atoms with van der Waals surface area (Å²) in [7, 11) is 0. The van der Waals surface area contributed by atoms with E-state index in [4.69, 9.17) is 4.74 Å². The summed E-state index contributed by atoms with van der Waals surface area (Å²) in [5, 5.41) is 3.35. The van der Waals surface area contributed by atoms with E-state index in [2.05, 4.69) is 10.3 Å². The quantitative estimate of drug-likeness (QED) is 0.619. The summed E-state index contributed by atoms with van der Waals surface area (Å²) in [6, 6.07) is 15.5. The standard InChI is InChI=1S/C19H19F3N2O/c20-19(21,22)13-23-10-9-15-11-24-16-7-4-8-17(18(15)16)25-12-14-5-2-1-3-6-14/h1-8,11,23-24H,9-10,12-13H2. The van der Waals surface area contributed by atoms with Crippen molar-refractivity contribution in [2.75, 3.05) is 13.1 Å². The molecule has 0 radical (unpaired) electrons. The number of halogens is 3. The Bertz CT molecular complexity index is 812. The predicted molar refractivity (Wildman–Crippen MR) is 91.7 cm³/mol. The number of H-pyrrole nitrogens is 1. The lowest BCUT2D eigenvalue weighted by Crippen LogP contribution is -2.30. The fraction of sp³-hybridized carbons (Fsp3) is 0.263. The second-order valence-electron chi connectivity index (χ2n) is 5.81. The molecule has 0 aliphatic heterocycles. The third kappa shape index (κ3) is 4.76. The van der Waals surface area contributed by atoms with Crippen molar-refractivity contribution in [2.24, 2.45) is 0 Å². The Hall–Kier alpha value is -2.47. The van der Waals surface area contributed by atoms with Gasteiger partial charge in [-0.25, -0.2) is 0 Å². The van der Waals surface area contributed by atoms with Crippen LogP contribution in [0.3, 0.4) is 0 Å². The van der Waals surface area contributed by atoms with Gasteiger partial charge in [-0.2, -0.15) is 13.2 Å². The Morgan fingerprint density at radius 3 is 2.56 bits per heavy atom. The summed E-state index contributed by atoms with van der Waals surface area (Å²) < 4.78 is 42.6. The lowest BCUT2D eigenvalue weighted by atomic mass is 10.1. The molecule has 0 atom stereocenters. The maximum absolute atomic E-state index is 12.2. The molecule has 3 aromatic rings. The second-order valence-corrected chi connectivity index (χ2v) is 5.81. The molecule has 0 amide bonds. The van der Waals surface area contributed by atoms with Crippen molar-refractivity contribution in [2.45, 2.75) is 19.2 Å². The van der Waals surface area contributed by atoms with Gasteiger partial charge >= 0.3 is 6.18 Å². The van der Waals surface area contributed by atoms with Crippen molar-refractivity contribution in [3.63, 3.8) is 0 Å². The number of aromatic nitrogens is 1. The van der Waals surface area contributed by atoms with Crippen LogP contribution in [0.15, 0.2) is 54.7 Å². The van der Waals surface area contributed by atoms with Gasteiger partial charge in [-0.15, -0.1) is 0 Å². The largest absolute Gasteiger partial charge is 0.488 e. The minimum Gasteiger partial charge on any atom is -0.488 e. The molecule has 0 fully saturated rings. The Balaban J connectivity index is 1.70. The molecule has 3 rings (SSSR count). The fourth-order valence-corrected chi connectivity index (χ4v) is 2.73. The molecule has 132 valence electrons. The zero-order valence-corrected chi connectivity index (χ0v) is 13.6. The first-order valence-electron chi connectivity index (χ1n) is 8.06. The van der Waals surface area contributed by atoms with Gasteiger partial charge in [0.15, 0.2) is 0 Å². The van der Waals surface area contributed by atoms with Crippen LogP contribution >= 0.6 is 0 Å². The molecule has 2 aromatic carbocycles. The van der Waals surface area contributed by atoms with E-state index in [1.807, 2.05) is 54.7 Å². The van der Waals surface area contributed by atoms with E-state index in [-0.39, 0.29) is 6.54 Å². The average molecular weight is 348 g/mol. The van der Waals surface area contributed by atoms with Crippen LogP contribution in [0.2, 0.25) is 0 Å². The minimum absolute atomic E-state index is 0.249. The highest BCUT2D eigenvalue weighted by molar-refractivity contribution is 5.89. The number of hydrogen-bond donors (Lipinski definition) is 2. The third-order valence-electron chi connectivity index (χ3n) is 3.88. The smallest absolute Gasteiger partial charge is 0.401 e. The number of ether oxygens (including phenoxy) is 1. The van der Waals surface area contributed by atoms with Crippen LogP contribution < -0.4 is 10.1 Å². The van der Waals surface area contributed by atoms with E-state index in [0.29, 0.717) is 13.0 Å². The zero-order valence-electron chi connectivity index (χ0n) is 13.6. The van der Waals surface area contributed by atoms with Crippen LogP contribution in [-0.4, -0.2) is 24.2 Å². The minimum atomic E-state index is -4.19. The predicted octanol–water partition coefficient (Wildman–Crippen LogP) is 4.44. The van der Waals surface area contributed by atoms with Crippen molar-refractivity contribution in [3.8, 4) is 5.75 Å². The summed E-state index contributed by atoms with van der Waals surface area (Å²) in [6.45, 7) is -0.289. The molecule has 0 saturated heterocycles. The summed E-state index contributed by atoms with van der Waals surface area (Å²) in [4.78, 5) is 3.15. The second kappa shape index (κ2) is 7.61. The van der Waals surface area contributed by atoms with Crippen LogP contribution in [0.1, 0.15) is 11.1 Å². The van der Waals surface area contributed by atoms with Crippen LogP contribution in [0, 0.1) is 0 Å². The topological polar surface area (TPSA) is 37.0 Å². The maximum Gasteiger partial charge on any atom is 0.401 e. The summed E-state index contributed by atoms with van der Waals surface area (Å²) in [5.74, 6) is 0.730. The summed E-state index contributed by atoms with van der Waals surface area (Å²) in [6.07, 6.45) is -1.87. The zero-order chi connectivity index (χ0) is 17.7. The first-order chi connectivity index (χ1) is 12.0. The van der Waals surface area contributed by atoms with Gasteiger partial charge in [-0.3, -0.25) is 0 Å². The summed E-state index contributed by atoms with van der Waals surface area (Å²) in [5.41, 5.74) is 2.91. The Morgan fingerprint density at radius 2 is 1.80 bits per heavy atom. The Kier molecular flexibility index (Phi) is 5.28. The summed E-state index contributed by atoms with van der Waals surface area (Å²) >= 11 is 0. The molecule has 0 unspecified atom stereocenters. The third-order valence-corrected chi connectivity index (χ3v) is 3.88. The van der Waals surface area contributed by atoms with Crippen molar-refractivity contribution in [1.82, 2.24) is 10.3 Å². The van der Waals surface area contributed by atoms with Crippen molar-refractivity contribution >= 4 is 10.9 Å². The van der Waals surface area contributed by atoms with E-state index in [9.17, 15) is 13.2 Å². The van der Waals surface area contributed by atoms with E-state index in [1.54, 1.807) is 0 Å². The van der Waals surface area contributed by atoms with E-state index in [0.717, 1.165) is 27.8 Å². The average Bonchev–Trinajstić information content (AvgIpc) is 3.01. The SMILES string of the molecule is FC(F)(F)CNCCc1c[nH]c2cccc(OCc3ccccc3)c12. The van der Waals surface area contributed by atoms with E-state index < -0.39 is 12.7 Å². The molecule has 6 heteroatoms. The van der Waals surface area contributed by atoms with Gasteiger partial charge in [0.25, 0.3) is 0 Å². The van der Waals surface area contributed by atoms with Crippen LogP contribution in [-0.2, 0) is 13.0 Å². The number of benzene rings is 2. The molecular formula is C19H19F3N2O. The van der Waals surface area contributed by atoms with Gasteiger partial charge in [0, 0.05) is 17.1 Å². The molecule has 1 aromatic heterocycles. The van der Waals surface area contributed by atoms with Gasteiger partial charge in [0.2, 0.25) is 0 Å². The molecule has 0 bridgehead atoms. The van der Waals surface area contributed by atoms with Crippen LogP contribution in [0.25, 0.3) is 10.9 Å². The number of nitrogens with one attached hydrogen (secondary N) is 2. The Labute approximate surface area is 143 Å². The Morgan fingerprint density at radius 1 is 1.00 bits per heavy atom. The molecule has 3 nitrogen and oxygen atoms in total. The first kappa shape index (κ1) is 17.4. The van der Waals surface area contributed by atoms with Crippen molar-refractivity contribution < 1.29 is 17.9 Å². The lowest BCUT2D eigenvalue weighted by molar-refractivity contribution is -0.124. The molecular weight excluding hydrogens is 329 g/mol. The molecule has 1 heterocycles. The highest BCUT2D eigenvalue weighted by atomic mass is 19.4. The van der Waals surface area contributed by atoms with Gasteiger partial charge in [0.1, 0.15) is 12.4 Å².